The molecule has 3 heteroatoms. The second-order valence-electron chi connectivity index (χ2n) is 3.51. The topological polar surface area (TPSA) is 37.3 Å². The Hall–Kier alpha value is -0.830. The first-order valence-electron chi connectivity index (χ1n) is 4.53. The average Bonchev–Trinajstić information content (AvgIpc) is 2.59. The minimum Gasteiger partial charge on any atom is -0.481 e. The first-order chi connectivity index (χ1) is 6.18. The SMILES string of the molecule is CC(C(=O)O)c1cc2c(s1)CCC2. The number of hydrogen-bond donors (Lipinski definition) is 1. The zero-order chi connectivity index (χ0) is 9.42. The van der Waals surface area contributed by atoms with Gasteiger partial charge in [-0.25, -0.2) is 0 Å². The summed E-state index contributed by atoms with van der Waals surface area (Å²) in [6.07, 6.45) is 3.52. The standard InChI is InChI=1S/C10H12O2S/c1-6(10(11)12)9-5-7-3-2-4-8(7)13-9/h5-6H,2-4H2,1H3,(H,11,12). The lowest BCUT2D eigenvalue weighted by Crippen LogP contribution is -2.05. The number of carboxylic acid groups (broad SMARTS) is 1. The van der Waals surface area contributed by atoms with E-state index < -0.39 is 5.97 Å². The first kappa shape index (κ1) is 8.75. The maximum absolute atomic E-state index is 10.7. The molecule has 0 bridgehead atoms. The van der Waals surface area contributed by atoms with Crippen LogP contribution >= 0.6 is 11.3 Å². The highest BCUT2D eigenvalue weighted by Crippen LogP contribution is 2.34. The summed E-state index contributed by atoms with van der Waals surface area (Å²) in [5, 5.41) is 8.83. The lowest BCUT2D eigenvalue weighted by Gasteiger charge is -2.01. The molecule has 1 heterocycles. The molecule has 0 spiro atoms. The van der Waals surface area contributed by atoms with E-state index in [2.05, 4.69) is 6.07 Å². The van der Waals surface area contributed by atoms with Gasteiger partial charge in [0.25, 0.3) is 0 Å². The van der Waals surface area contributed by atoms with Crippen LogP contribution in [0.4, 0.5) is 0 Å². The van der Waals surface area contributed by atoms with Crippen molar-refractivity contribution in [1.82, 2.24) is 0 Å². The second-order valence-corrected chi connectivity index (χ2v) is 4.68. The van der Waals surface area contributed by atoms with Gasteiger partial charge in [-0.3, -0.25) is 4.79 Å². The Morgan fingerprint density at radius 3 is 3.00 bits per heavy atom. The maximum Gasteiger partial charge on any atom is 0.311 e. The summed E-state index contributed by atoms with van der Waals surface area (Å²) in [4.78, 5) is 13.2. The van der Waals surface area contributed by atoms with E-state index >= 15 is 0 Å². The van der Waals surface area contributed by atoms with Gasteiger partial charge in [0, 0.05) is 9.75 Å². The molecule has 0 radical (unpaired) electrons. The predicted octanol–water partition coefficient (Wildman–Crippen LogP) is 2.42. The van der Waals surface area contributed by atoms with E-state index in [0.717, 1.165) is 17.7 Å². The number of fused-ring (bicyclic) bond motifs is 1. The molecule has 70 valence electrons. The number of thiophene rings is 1. The van der Waals surface area contributed by atoms with Crippen molar-refractivity contribution in [2.75, 3.05) is 0 Å². The van der Waals surface area contributed by atoms with Crippen molar-refractivity contribution in [3.63, 3.8) is 0 Å². The summed E-state index contributed by atoms with van der Waals surface area (Å²) < 4.78 is 0. The normalized spacial score (nSPS) is 17.0. The van der Waals surface area contributed by atoms with Crippen LogP contribution < -0.4 is 0 Å². The largest absolute Gasteiger partial charge is 0.481 e. The Kier molecular flexibility index (Phi) is 2.12. The molecule has 1 aromatic rings. The second kappa shape index (κ2) is 3.14. The summed E-state index contributed by atoms with van der Waals surface area (Å²) in [7, 11) is 0. The van der Waals surface area contributed by atoms with E-state index in [0.29, 0.717) is 0 Å². The molecule has 0 amide bonds. The zero-order valence-corrected chi connectivity index (χ0v) is 8.36. The van der Waals surface area contributed by atoms with Crippen molar-refractivity contribution in [2.45, 2.75) is 32.1 Å². The Morgan fingerprint density at radius 1 is 1.62 bits per heavy atom. The summed E-state index contributed by atoms with van der Waals surface area (Å²) in [5.74, 6) is -1.06. The number of aryl methyl sites for hydroxylation is 2. The van der Waals surface area contributed by atoms with Gasteiger partial charge in [-0.15, -0.1) is 11.3 Å². The molecule has 2 rings (SSSR count). The number of rotatable bonds is 2. The van der Waals surface area contributed by atoms with Gasteiger partial charge in [0.15, 0.2) is 0 Å². The lowest BCUT2D eigenvalue weighted by molar-refractivity contribution is -0.138. The third kappa shape index (κ3) is 1.48. The van der Waals surface area contributed by atoms with Crippen molar-refractivity contribution in [2.24, 2.45) is 0 Å². The Labute approximate surface area is 81.2 Å². The summed E-state index contributed by atoms with van der Waals surface area (Å²) in [6.45, 7) is 1.75. The van der Waals surface area contributed by atoms with Crippen LogP contribution in [0.1, 0.15) is 34.6 Å². The van der Waals surface area contributed by atoms with E-state index in [1.807, 2.05) is 0 Å². The van der Waals surface area contributed by atoms with Gasteiger partial charge >= 0.3 is 5.97 Å². The quantitative estimate of drug-likeness (QED) is 0.788. The fraction of sp³-hybridized carbons (Fsp3) is 0.500. The molecule has 1 N–H and O–H groups in total. The molecular formula is C10H12O2S. The first-order valence-corrected chi connectivity index (χ1v) is 5.34. The third-order valence-corrected chi connectivity index (χ3v) is 3.98. The fourth-order valence-electron chi connectivity index (χ4n) is 1.69. The van der Waals surface area contributed by atoms with E-state index in [1.54, 1.807) is 18.3 Å². The fourth-order valence-corrected chi connectivity index (χ4v) is 2.99. The van der Waals surface area contributed by atoms with Crippen molar-refractivity contribution < 1.29 is 9.90 Å². The van der Waals surface area contributed by atoms with Crippen LogP contribution in [-0.2, 0) is 17.6 Å². The Balaban J connectivity index is 2.28. The summed E-state index contributed by atoms with van der Waals surface area (Å²) in [5.41, 5.74) is 1.38. The number of aliphatic carboxylic acids is 1. The average molecular weight is 196 g/mol. The van der Waals surface area contributed by atoms with Crippen LogP contribution in [0.15, 0.2) is 6.07 Å². The van der Waals surface area contributed by atoms with Crippen molar-refractivity contribution >= 4 is 17.3 Å². The Morgan fingerprint density at radius 2 is 2.38 bits per heavy atom. The van der Waals surface area contributed by atoms with Crippen LogP contribution in [0.25, 0.3) is 0 Å². The highest BCUT2D eigenvalue weighted by Gasteiger charge is 2.21. The molecule has 0 saturated heterocycles. The molecule has 1 aliphatic carbocycles. The third-order valence-electron chi connectivity index (χ3n) is 2.56. The number of hydrogen-bond acceptors (Lipinski definition) is 2. The Bertz CT molecular complexity index is 319. The van der Waals surface area contributed by atoms with Crippen molar-refractivity contribution in [3.05, 3.63) is 21.4 Å². The molecule has 1 aromatic heterocycles. The van der Waals surface area contributed by atoms with Crippen molar-refractivity contribution in [3.8, 4) is 0 Å². The molecule has 13 heavy (non-hydrogen) atoms. The van der Waals surface area contributed by atoms with Gasteiger partial charge in [0.2, 0.25) is 0 Å². The molecule has 2 nitrogen and oxygen atoms in total. The smallest absolute Gasteiger partial charge is 0.311 e. The van der Waals surface area contributed by atoms with Crippen LogP contribution in [0.2, 0.25) is 0 Å². The highest BCUT2D eigenvalue weighted by molar-refractivity contribution is 7.12. The van der Waals surface area contributed by atoms with Crippen LogP contribution in [0.3, 0.4) is 0 Å². The lowest BCUT2D eigenvalue weighted by atomic mass is 10.1. The summed E-state index contributed by atoms with van der Waals surface area (Å²) >= 11 is 1.68. The molecule has 0 aromatic carbocycles. The summed E-state index contributed by atoms with van der Waals surface area (Å²) in [6, 6.07) is 2.08. The van der Waals surface area contributed by atoms with E-state index in [4.69, 9.17) is 5.11 Å². The highest BCUT2D eigenvalue weighted by atomic mass is 32.1. The zero-order valence-electron chi connectivity index (χ0n) is 7.54. The molecule has 0 saturated carbocycles. The maximum atomic E-state index is 10.7. The van der Waals surface area contributed by atoms with Crippen LogP contribution in [0, 0.1) is 0 Å². The molecule has 1 atom stereocenters. The van der Waals surface area contributed by atoms with Crippen molar-refractivity contribution in [1.29, 1.82) is 0 Å². The molecule has 1 unspecified atom stereocenters. The monoisotopic (exact) mass is 196 g/mol. The molecule has 0 fully saturated rings. The van der Waals surface area contributed by atoms with Gasteiger partial charge in [-0.2, -0.15) is 0 Å². The number of carboxylic acids is 1. The van der Waals surface area contributed by atoms with E-state index in [-0.39, 0.29) is 5.92 Å². The van der Waals surface area contributed by atoms with Crippen LogP contribution in [0.5, 0.6) is 0 Å². The van der Waals surface area contributed by atoms with Crippen LogP contribution in [-0.4, -0.2) is 11.1 Å². The van der Waals surface area contributed by atoms with E-state index in [9.17, 15) is 4.79 Å². The van der Waals surface area contributed by atoms with Gasteiger partial charge in [0.05, 0.1) is 5.92 Å². The minimum atomic E-state index is -0.722. The van der Waals surface area contributed by atoms with E-state index in [1.165, 1.54) is 16.9 Å². The van der Waals surface area contributed by atoms with Gasteiger partial charge < -0.3 is 5.11 Å². The van der Waals surface area contributed by atoms with Gasteiger partial charge in [-0.05, 0) is 37.8 Å². The molecule has 0 aliphatic heterocycles. The number of carbonyl (C=O) groups is 1. The minimum absolute atomic E-state index is 0.337. The predicted molar refractivity (Wildman–Crippen MR) is 52.4 cm³/mol. The molecular weight excluding hydrogens is 184 g/mol. The molecule has 1 aliphatic rings. The van der Waals surface area contributed by atoms with Gasteiger partial charge in [-0.1, -0.05) is 0 Å². The van der Waals surface area contributed by atoms with Gasteiger partial charge in [0.1, 0.15) is 0 Å².